The number of amides is 4. The summed E-state index contributed by atoms with van der Waals surface area (Å²) in [6.45, 7) is 1.35. The molecular formula is C27H31N5O5. The van der Waals surface area contributed by atoms with Crippen molar-refractivity contribution in [1.82, 2.24) is 25.3 Å². The Kier molecular flexibility index (Phi) is 6.18. The number of hydrogen-bond acceptors (Lipinski definition) is 6. The van der Waals surface area contributed by atoms with Gasteiger partial charge in [-0.25, -0.2) is 0 Å². The Morgan fingerprint density at radius 2 is 1.92 bits per heavy atom. The van der Waals surface area contributed by atoms with Crippen molar-refractivity contribution in [2.45, 2.75) is 76.4 Å². The number of fused-ring (bicyclic) bond motifs is 2. The minimum absolute atomic E-state index is 0.0212. The van der Waals surface area contributed by atoms with Crippen molar-refractivity contribution in [3.63, 3.8) is 0 Å². The molecule has 0 saturated carbocycles. The van der Waals surface area contributed by atoms with Crippen LogP contribution in [0, 0.1) is 0 Å². The van der Waals surface area contributed by atoms with Crippen LogP contribution in [0.5, 0.6) is 5.75 Å². The summed E-state index contributed by atoms with van der Waals surface area (Å²) in [5, 5.41) is 9.79. The van der Waals surface area contributed by atoms with Gasteiger partial charge in [0.15, 0.2) is 5.69 Å². The van der Waals surface area contributed by atoms with E-state index >= 15 is 0 Å². The van der Waals surface area contributed by atoms with Gasteiger partial charge in [-0.15, -0.1) is 0 Å². The van der Waals surface area contributed by atoms with Crippen molar-refractivity contribution in [3.8, 4) is 5.75 Å². The minimum atomic E-state index is -0.642. The average Bonchev–Trinajstić information content (AvgIpc) is 3.48. The van der Waals surface area contributed by atoms with Gasteiger partial charge in [0.25, 0.3) is 11.8 Å². The molecule has 4 amide bonds. The smallest absolute Gasteiger partial charge is 0.275 e. The molecule has 0 spiro atoms. The Balaban J connectivity index is 1.13. The van der Waals surface area contributed by atoms with E-state index in [1.165, 1.54) is 4.90 Å². The van der Waals surface area contributed by atoms with Crippen molar-refractivity contribution in [3.05, 3.63) is 46.3 Å². The van der Waals surface area contributed by atoms with Gasteiger partial charge in [0.1, 0.15) is 18.4 Å². The van der Waals surface area contributed by atoms with Gasteiger partial charge in [0, 0.05) is 36.3 Å². The maximum Gasteiger partial charge on any atom is 0.275 e. The molecule has 6 rings (SSSR count). The van der Waals surface area contributed by atoms with Gasteiger partial charge < -0.3 is 14.5 Å². The van der Waals surface area contributed by atoms with E-state index in [1.54, 1.807) is 12.1 Å². The van der Waals surface area contributed by atoms with Crippen LogP contribution in [0.25, 0.3) is 0 Å². The van der Waals surface area contributed by atoms with Gasteiger partial charge in [-0.2, -0.15) is 5.10 Å². The Morgan fingerprint density at radius 1 is 1.05 bits per heavy atom. The second-order valence-corrected chi connectivity index (χ2v) is 10.4. The summed E-state index contributed by atoms with van der Waals surface area (Å²) in [6, 6.07) is 4.66. The lowest BCUT2D eigenvalue weighted by molar-refractivity contribution is -0.136. The second-order valence-electron chi connectivity index (χ2n) is 10.4. The van der Waals surface area contributed by atoms with Crippen LogP contribution in [0.2, 0.25) is 0 Å². The molecule has 4 aliphatic rings. The number of aromatic nitrogens is 2. The number of aromatic amines is 1. The SMILES string of the molecule is O=C1CCC(N2Cc3cc(OC[C@@H]4CCCCN4C(=O)c4n[nH]c5c4CCCC5)ccc3C2=O)C(=O)N1. The van der Waals surface area contributed by atoms with Gasteiger partial charge in [-0.3, -0.25) is 29.6 Å². The van der Waals surface area contributed by atoms with E-state index in [0.29, 0.717) is 43.1 Å². The zero-order chi connectivity index (χ0) is 25.5. The summed E-state index contributed by atoms with van der Waals surface area (Å²) in [5.74, 6) is -0.320. The number of piperidine rings is 2. The molecule has 1 aromatic heterocycles. The fourth-order valence-electron chi connectivity index (χ4n) is 6.07. The van der Waals surface area contributed by atoms with E-state index in [0.717, 1.165) is 61.8 Å². The van der Waals surface area contributed by atoms with Crippen LogP contribution in [0.3, 0.4) is 0 Å². The predicted molar refractivity (Wildman–Crippen MR) is 132 cm³/mol. The topological polar surface area (TPSA) is 125 Å². The lowest BCUT2D eigenvalue weighted by atomic mass is 9.94. The Labute approximate surface area is 214 Å². The van der Waals surface area contributed by atoms with E-state index in [1.807, 2.05) is 11.0 Å². The van der Waals surface area contributed by atoms with Crippen LogP contribution in [0.4, 0.5) is 0 Å². The van der Waals surface area contributed by atoms with E-state index < -0.39 is 11.9 Å². The van der Waals surface area contributed by atoms with Gasteiger partial charge >= 0.3 is 0 Å². The van der Waals surface area contributed by atoms with Gasteiger partial charge in [-0.1, -0.05) is 0 Å². The molecule has 1 aliphatic carbocycles. The van der Waals surface area contributed by atoms with Crippen LogP contribution >= 0.6 is 0 Å². The zero-order valence-electron chi connectivity index (χ0n) is 20.8. The molecule has 2 atom stereocenters. The predicted octanol–water partition coefficient (Wildman–Crippen LogP) is 2.12. The molecule has 37 heavy (non-hydrogen) atoms. The number of rotatable bonds is 5. The van der Waals surface area contributed by atoms with Crippen molar-refractivity contribution < 1.29 is 23.9 Å². The maximum atomic E-state index is 13.5. The van der Waals surface area contributed by atoms with Crippen LogP contribution in [-0.4, -0.2) is 68.9 Å². The number of ether oxygens (including phenoxy) is 1. The summed E-state index contributed by atoms with van der Waals surface area (Å²) < 4.78 is 6.16. The number of carbonyl (C=O) groups excluding carboxylic acids is 4. The van der Waals surface area contributed by atoms with E-state index in [4.69, 9.17) is 4.74 Å². The minimum Gasteiger partial charge on any atom is -0.491 e. The molecular weight excluding hydrogens is 474 g/mol. The number of H-pyrrole nitrogens is 1. The first kappa shape index (κ1) is 23.7. The number of carbonyl (C=O) groups is 4. The number of likely N-dealkylation sites (tertiary alicyclic amines) is 1. The lowest BCUT2D eigenvalue weighted by Crippen LogP contribution is -2.52. The second kappa shape index (κ2) is 9.64. The van der Waals surface area contributed by atoms with Crippen LogP contribution in [-0.2, 0) is 29.0 Å². The summed E-state index contributed by atoms with van der Waals surface area (Å²) in [4.78, 5) is 53.6. The molecule has 2 saturated heterocycles. The Hall–Kier alpha value is -3.69. The summed E-state index contributed by atoms with van der Waals surface area (Å²) in [6.07, 6.45) is 7.48. The quantitative estimate of drug-likeness (QED) is 0.600. The number of nitrogens with zero attached hydrogens (tertiary/aromatic N) is 3. The largest absolute Gasteiger partial charge is 0.491 e. The third kappa shape index (κ3) is 4.38. The van der Waals surface area contributed by atoms with Crippen molar-refractivity contribution in [2.24, 2.45) is 0 Å². The number of imide groups is 1. The third-order valence-corrected chi connectivity index (χ3v) is 8.08. The highest BCUT2D eigenvalue weighted by molar-refractivity contribution is 6.05. The third-order valence-electron chi connectivity index (χ3n) is 8.08. The molecule has 2 N–H and O–H groups in total. The highest BCUT2D eigenvalue weighted by atomic mass is 16.5. The molecule has 4 heterocycles. The number of aryl methyl sites for hydroxylation is 1. The zero-order valence-corrected chi connectivity index (χ0v) is 20.8. The molecule has 3 aliphatic heterocycles. The van der Waals surface area contributed by atoms with Crippen molar-refractivity contribution in [2.75, 3.05) is 13.2 Å². The first-order valence-corrected chi connectivity index (χ1v) is 13.3. The normalized spacial score (nSPS) is 23.5. The molecule has 1 unspecified atom stereocenters. The number of nitrogens with one attached hydrogen (secondary N) is 2. The van der Waals surface area contributed by atoms with Crippen LogP contribution in [0.1, 0.15) is 82.6 Å². The Bertz CT molecular complexity index is 1270. The molecule has 10 nitrogen and oxygen atoms in total. The van der Waals surface area contributed by atoms with Crippen LogP contribution in [0.15, 0.2) is 18.2 Å². The first-order chi connectivity index (χ1) is 18.0. The van der Waals surface area contributed by atoms with E-state index in [-0.39, 0.29) is 30.2 Å². The lowest BCUT2D eigenvalue weighted by Gasteiger charge is -2.35. The summed E-state index contributed by atoms with van der Waals surface area (Å²) in [5.41, 5.74) is 4.08. The number of hydrogen-bond donors (Lipinski definition) is 2. The van der Waals surface area contributed by atoms with Gasteiger partial charge in [-0.05, 0) is 75.1 Å². The van der Waals surface area contributed by atoms with Crippen molar-refractivity contribution >= 4 is 23.6 Å². The maximum absolute atomic E-state index is 13.5. The van der Waals surface area contributed by atoms with E-state index in [9.17, 15) is 19.2 Å². The van der Waals surface area contributed by atoms with Crippen molar-refractivity contribution in [1.29, 1.82) is 0 Å². The molecule has 2 fully saturated rings. The monoisotopic (exact) mass is 505 g/mol. The molecule has 2 aromatic rings. The summed E-state index contributed by atoms with van der Waals surface area (Å²) >= 11 is 0. The average molecular weight is 506 g/mol. The standard InChI is InChI=1S/C27H31N5O5/c33-23-11-10-22(25(34)28-23)32-14-16-13-18(8-9-19(16)26(32)35)37-15-17-5-3-4-12-31(17)27(36)24-20-6-1-2-7-21(20)29-30-24/h8-9,13,17,22H,1-7,10-12,14-15H2,(H,29,30)(H,28,33,34)/t17-,22?/m0/s1. The molecule has 0 radical (unpaired) electrons. The van der Waals surface area contributed by atoms with Gasteiger partial charge in [0.2, 0.25) is 11.8 Å². The Morgan fingerprint density at radius 3 is 2.78 bits per heavy atom. The van der Waals surface area contributed by atoms with Crippen LogP contribution < -0.4 is 10.1 Å². The molecule has 1 aromatic carbocycles. The molecule has 10 heteroatoms. The highest BCUT2D eigenvalue weighted by Crippen LogP contribution is 2.31. The van der Waals surface area contributed by atoms with Gasteiger partial charge in [0.05, 0.1) is 6.04 Å². The highest BCUT2D eigenvalue weighted by Gasteiger charge is 2.39. The first-order valence-electron chi connectivity index (χ1n) is 13.3. The molecule has 194 valence electrons. The number of benzene rings is 1. The molecule has 0 bridgehead atoms. The fourth-order valence-corrected chi connectivity index (χ4v) is 6.07. The summed E-state index contributed by atoms with van der Waals surface area (Å²) in [7, 11) is 0. The fraction of sp³-hybridized carbons (Fsp3) is 0.519. The van der Waals surface area contributed by atoms with E-state index in [2.05, 4.69) is 15.5 Å².